The van der Waals surface area contributed by atoms with Gasteiger partial charge in [-0.1, -0.05) is 27.2 Å². The highest BCUT2D eigenvalue weighted by molar-refractivity contribution is 5.39. The fourth-order valence-corrected chi connectivity index (χ4v) is 1.47. The van der Waals surface area contributed by atoms with Crippen molar-refractivity contribution in [3.63, 3.8) is 0 Å². The summed E-state index contributed by atoms with van der Waals surface area (Å²) in [6.45, 7) is 11.2. The fourth-order valence-electron chi connectivity index (χ4n) is 1.47. The smallest absolute Gasteiger partial charge is 0.218 e. The molecule has 0 aliphatic carbocycles. The van der Waals surface area contributed by atoms with Gasteiger partial charge in [-0.25, -0.2) is 4.98 Å². The lowest BCUT2D eigenvalue weighted by Crippen LogP contribution is -2.13. The van der Waals surface area contributed by atoms with Gasteiger partial charge in [0.1, 0.15) is 11.6 Å². The first-order valence-corrected chi connectivity index (χ1v) is 6.81. The summed E-state index contributed by atoms with van der Waals surface area (Å²) < 4.78 is 5.67. The molecule has 0 amide bonds. The van der Waals surface area contributed by atoms with E-state index in [1.165, 1.54) is 0 Å². The van der Waals surface area contributed by atoms with Gasteiger partial charge in [0.05, 0.1) is 6.61 Å². The van der Waals surface area contributed by atoms with E-state index in [-0.39, 0.29) is 0 Å². The van der Waals surface area contributed by atoms with E-state index in [1.807, 2.05) is 6.07 Å². The van der Waals surface area contributed by atoms with Crippen LogP contribution in [0.5, 0.6) is 5.88 Å². The minimum Gasteiger partial charge on any atom is -0.478 e. The van der Waals surface area contributed by atoms with Gasteiger partial charge in [-0.3, -0.25) is 0 Å². The van der Waals surface area contributed by atoms with E-state index in [9.17, 15) is 0 Å². The Morgan fingerprint density at radius 1 is 1.22 bits per heavy atom. The third kappa shape index (κ3) is 4.90. The van der Waals surface area contributed by atoms with Crippen molar-refractivity contribution in [3.8, 4) is 5.88 Å². The summed E-state index contributed by atoms with van der Waals surface area (Å²) in [5.41, 5.74) is 0. The maximum absolute atomic E-state index is 5.67. The Morgan fingerprint density at radius 3 is 2.50 bits per heavy atom. The molecule has 0 radical (unpaired) electrons. The zero-order valence-electron chi connectivity index (χ0n) is 12.2. The number of ether oxygens (including phenoxy) is 1. The standard InChI is InChI=1S/C14H25N3O/c1-6-7-8-18-13-9-12(15-11(4)5)16-14(17-13)10(2)3/h9-11H,6-8H2,1-5H3,(H,15,16,17). The van der Waals surface area contributed by atoms with Gasteiger partial charge in [0, 0.05) is 18.0 Å². The van der Waals surface area contributed by atoms with Crippen LogP contribution >= 0.6 is 0 Å². The molecule has 0 atom stereocenters. The molecule has 0 spiro atoms. The van der Waals surface area contributed by atoms with Crippen molar-refractivity contribution in [2.75, 3.05) is 11.9 Å². The van der Waals surface area contributed by atoms with Crippen LogP contribution in [0.3, 0.4) is 0 Å². The van der Waals surface area contributed by atoms with E-state index < -0.39 is 0 Å². The average Bonchev–Trinajstić information content (AvgIpc) is 2.28. The SMILES string of the molecule is CCCCOc1cc(NC(C)C)nc(C(C)C)n1. The second-order valence-corrected chi connectivity index (χ2v) is 5.11. The van der Waals surface area contributed by atoms with Crippen molar-refractivity contribution in [2.24, 2.45) is 0 Å². The van der Waals surface area contributed by atoms with Gasteiger partial charge < -0.3 is 10.1 Å². The van der Waals surface area contributed by atoms with Crippen LogP contribution in [0.4, 0.5) is 5.82 Å². The van der Waals surface area contributed by atoms with E-state index in [0.29, 0.717) is 24.4 Å². The highest BCUT2D eigenvalue weighted by Crippen LogP contribution is 2.19. The summed E-state index contributed by atoms with van der Waals surface area (Å²) in [7, 11) is 0. The Kier molecular flexibility index (Phi) is 5.89. The van der Waals surface area contributed by atoms with Crippen LogP contribution < -0.4 is 10.1 Å². The maximum atomic E-state index is 5.67. The highest BCUT2D eigenvalue weighted by atomic mass is 16.5. The first-order valence-electron chi connectivity index (χ1n) is 6.81. The predicted molar refractivity (Wildman–Crippen MR) is 75.3 cm³/mol. The molecule has 0 aliphatic rings. The molecule has 0 fully saturated rings. The van der Waals surface area contributed by atoms with Crippen LogP contribution in [0.2, 0.25) is 0 Å². The first-order chi connectivity index (χ1) is 8.52. The third-order valence-corrected chi connectivity index (χ3v) is 2.42. The van der Waals surface area contributed by atoms with Gasteiger partial charge in [0.25, 0.3) is 0 Å². The van der Waals surface area contributed by atoms with E-state index in [2.05, 4.69) is 49.9 Å². The molecule has 0 saturated heterocycles. The topological polar surface area (TPSA) is 47.0 Å². The summed E-state index contributed by atoms with van der Waals surface area (Å²) in [6.07, 6.45) is 2.17. The van der Waals surface area contributed by atoms with Crippen molar-refractivity contribution in [2.45, 2.75) is 59.4 Å². The third-order valence-electron chi connectivity index (χ3n) is 2.42. The highest BCUT2D eigenvalue weighted by Gasteiger charge is 2.09. The van der Waals surface area contributed by atoms with Gasteiger partial charge in [-0.15, -0.1) is 0 Å². The van der Waals surface area contributed by atoms with E-state index in [4.69, 9.17) is 4.74 Å². The number of hydrogen-bond donors (Lipinski definition) is 1. The zero-order valence-corrected chi connectivity index (χ0v) is 12.2. The molecule has 0 aromatic carbocycles. The lowest BCUT2D eigenvalue weighted by molar-refractivity contribution is 0.296. The summed E-state index contributed by atoms with van der Waals surface area (Å²) in [6, 6.07) is 2.23. The Labute approximate surface area is 110 Å². The Hall–Kier alpha value is -1.32. The number of unbranched alkanes of at least 4 members (excludes halogenated alkanes) is 1. The number of aromatic nitrogens is 2. The second-order valence-electron chi connectivity index (χ2n) is 5.11. The predicted octanol–water partition coefficient (Wildman–Crippen LogP) is 3.60. The molecule has 0 aliphatic heterocycles. The van der Waals surface area contributed by atoms with Gasteiger partial charge in [0.2, 0.25) is 5.88 Å². The molecule has 1 aromatic heterocycles. The van der Waals surface area contributed by atoms with Crippen molar-refractivity contribution in [1.29, 1.82) is 0 Å². The minimum absolute atomic E-state index is 0.299. The van der Waals surface area contributed by atoms with Crippen molar-refractivity contribution in [3.05, 3.63) is 11.9 Å². The minimum atomic E-state index is 0.299. The van der Waals surface area contributed by atoms with Gasteiger partial charge >= 0.3 is 0 Å². The number of anilines is 1. The molecule has 1 heterocycles. The molecule has 1 N–H and O–H groups in total. The lowest BCUT2D eigenvalue weighted by atomic mass is 10.2. The summed E-state index contributed by atoms with van der Waals surface area (Å²) in [4.78, 5) is 8.94. The summed E-state index contributed by atoms with van der Waals surface area (Å²) >= 11 is 0. The van der Waals surface area contributed by atoms with Gasteiger partial charge in [0.15, 0.2) is 0 Å². The molecule has 4 nitrogen and oxygen atoms in total. The molecular formula is C14H25N3O. The van der Waals surface area contributed by atoms with Crippen molar-refractivity contribution in [1.82, 2.24) is 9.97 Å². The molecular weight excluding hydrogens is 226 g/mol. The number of hydrogen-bond acceptors (Lipinski definition) is 4. The van der Waals surface area contributed by atoms with Crippen molar-refractivity contribution < 1.29 is 4.74 Å². The van der Waals surface area contributed by atoms with E-state index >= 15 is 0 Å². The first kappa shape index (κ1) is 14.7. The van der Waals surface area contributed by atoms with Crippen LogP contribution in [0.1, 0.15) is 59.2 Å². The lowest BCUT2D eigenvalue weighted by Gasteiger charge is -2.14. The van der Waals surface area contributed by atoms with E-state index in [1.54, 1.807) is 0 Å². The molecule has 18 heavy (non-hydrogen) atoms. The molecule has 1 aromatic rings. The molecule has 1 rings (SSSR count). The normalized spacial score (nSPS) is 11.1. The maximum Gasteiger partial charge on any atom is 0.218 e. The van der Waals surface area contributed by atoms with Gasteiger partial charge in [-0.2, -0.15) is 4.98 Å². The van der Waals surface area contributed by atoms with E-state index in [0.717, 1.165) is 24.5 Å². The fraction of sp³-hybridized carbons (Fsp3) is 0.714. The Balaban J connectivity index is 2.84. The number of nitrogens with zero attached hydrogens (tertiary/aromatic N) is 2. The number of rotatable bonds is 7. The van der Waals surface area contributed by atoms with Crippen LogP contribution in [0, 0.1) is 0 Å². The molecule has 0 bridgehead atoms. The monoisotopic (exact) mass is 251 g/mol. The molecule has 4 heteroatoms. The quantitative estimate of drug-likeness (QED) is 0.752. The zero-order chi connectivity index (χ0) is 13.5. The largest absolute Gasteiger partial charge is 0.478 e. The number of nitrogens with one attached hydrogen (secondary N) is 1. The Morgan fingerprint density at radius 2 is 1.94 bits per heavy atom. The van der Waals surface area contributed by atoms with Crippen LogP contribution in [0.25, 0.3) is 0 Å². The van der Waals surface area contributed by atoms with Crippen molar-refractivity contribution >= 4 is 5.82 Å². The van der Waals surface area contributed by atoms with Crippen LogP contribution in [-0.2, 0) is 0 Å². The summed E-state index contributed by atoms with van der Waals surface area (Å²) in [5.74, 6) is 2.64. The van der Waals surface area contributed by atoms with Gasteiger partial charge in [-0.05, 0) is 20.3 Å². The van der Waals surface area contributed by atoms with Crippen LogP contribution in [0.15, 0.2) is 6.07 Å². The molecule has 0 unspecified atom stereocenters. The summed E-state index contributed by atoms with van der Waals surface area (Å²) in [5, 5.41) is 3.30. The van der Waals surface area contributed by atoms with Crippen LogP contribution in [-0.4, -0.2) is 22.6 Å². The molecule has 102 valence electrons. The Bertz CT molecular complexity index is 364. The average molecular weight is 251 g/mol. The second kappa shape index (κ2) is 7.19. The molecule has 0 saturated carbocycles.